The van der Waals surface area contributed by atoms with E-state index in [1.165, 1.54) is 5.69 Å². The van der Waals surface area contributed by atoms with Gasteiger partial charge < -0.3 is 15.1 Å². The first-order valence-electron chi connectivity index (χ1n) is 7.24. The van der Waals surface area contributed by atoms with E-state index in [4.69, 9.17) is 0 Å². The first-order valence-corrected chi connectivity index (χ1v) is 8.40. The summed E-state index contributed by atoms with van der Waals surface area (Å²) in [6.07, 6.45) is 0. The van der Waals surface area contributed by atoms with Gasteiger partial charge in [-0.25, -0.2) is 0 Å². The Labute approximate surface area is 124 Å². The zero-order chi connectivity index (χ0) is 13.8. The molecule has 2 heterocycles. The highest BCUT2D eigenvalue weighted by atomic mass is 32.2. The van der Waals surface area contributed by atoms with Gasteiger partial charge in [0, 0.05) is 49.9 Å². The zero-order valence-corrected chi connectivity index (χ0v) is 12.4. The molecular formula is C15H21N3OS. The van der Waals surface area contributed by atoms with Crippen LogP contribution in [-0.2, 0) is 4.79 Å². The van der Waals surface area contributed by atoms with E-state index < -0.39 is 0 Å². The SMILES string of the molecule is O=C(C1CSCCN1)N1CCN(c2ccccc2)CC1. The molecule has 1 amide bonds. The van der Waals surface area contributed by atoms with Crippen molar-refractivity contribution in [1.82, 2.24) is 10.2 Å². The molecule has 1 atom stereocenters. The Morgan fingerprint density at radius 1 is 1.15 bits per heavy atom. The molecule has 1 aromatic carbocycles. The quantitative estimate of drug-likeness (QED) is 0.883. The van der Waals surface area contributed by atoms with Crippen molar-refractivity contribution in [2.45, 2.75) is 6.04 Å². The highest BCUT2D eigenvalue weighted by Gasteiger charge is 2.28. The third kappa shape index (κ3) is 3.10. The number of benzene rings is 1. The van der Waals surface area contributed by atoms with Gasteiger partial charge in [-0.3, -0.25) is 4.79 Å². The summed E-state index contributed by atoms with van der Waals surface area (Å²) in [4.78, 5) is 16.8. The predicted molar refractivity (Wildman–Crippen MR) is 84.4 cm³/mol. The molecule has 0 aliphatic carbocycles. The van der Waals surface area contributed by atoms with E-state index in [1.807, 2.05) is 22.7 Å². The fourth-order valence-corrected chi connectivity index (χ4v) is 3.69. The lowest BCUT2D eigenvalue weighted by atomic mass is 10.2. The second-order valence-corrected chi connectivity index (χ2v) is 6.38. The molecule has 1 N–H and O–H groups in total. The largest absolute Gasteiger partial charge is 0.368 e. The number of hydrogen-bond acceptors (Lipinski definition) is 4. The van der Waals surface area contributed by atoms with Gasteiger partial charge in [0.1, 0.15) is 0 Å². The molecule has 4 nitrogen and oxygen atoms in total. The summed E-state index contributed by atoms with van der Waals surface area (Å²) < 4.78 is 0. The molecule has 2 aliphatic rings. The number of nitrogens with zero attached hydrogens (tertiary/aromatic N) is 2. The van der Waals surface area contributed by atoms with E-state index >= 15 is 0 Å². The summed E-state index contributed by atoms with van der Waals surface area (Å²) in [5.41, 5.74) is 1.26. The van der Waals surface area contributed by atoms with Gasteiger partial charge in [-0.05, 0) is 12.1 Å². The summed E-state index contributed by atoms with van der Waals surface area (Å²) in [5.74, 6) is 2.31. The number of para-hydroxylation sites is 1. The fourth-order valence-electron chi connectivity index (χ4n) is 2.77. The lowest BCUT2D eigenvalue weighted by Gasteiger charge is -2.38. The normalized spacial score (nSPS) is 23.7. The van der Waals surface area contributed by atoms with Crippen LogP contribution in [0.5, 0.6) is 0 Å². The molecule has 2 saturated heterocycles. The van der Waals surface area contributed by atoms with Crippen molar-refractivity contribution in [3.05, 3.63) is 30.3 Å². The Morgan fingerprint density at radius 3 is 2.55 bits per heavy atom. The number of hydrogen-bond donors (Lipinski definition) is 1. The van der Waals surface area contributed by atoms with Crippen LogP contribution in [0.2, 0.25) is 0 Å². The molecule has 0 saturated carbocycles. The predicted octanol–water partition coefficient (Wildman–Crippen LogP) is 1.04. The van der Waals surface area contributed by atoms with Crippen LogP contribution >= 0.6 is 11.8 Å². The average molecular weight is 291 g/mol. The number of piperazine rings is 1. The molecule has 1 aromatic rings. The van der Waals surface area contributed by atoms with Crippen LogP contribution in [0.1, 0.15) is 0 Å². The summed E-state index contributed by atoms with van der Waals surface area (Å²) in [5, 5.41) is 3.33. The van der Waals surface area contributed by atoms with Gasteiger partial charge in [-0.1, -0.05) is 18.2 Å². The number of carbonyl (C=O) groups excluding carboxylic acids is 1. The molecule has 20 heavy (non-hydrogen) atoms. The van der Waals surface area contributed by atoms with Gasteiger partial charge in [0.15, 0.2) is 0 Å². The lowest BCUT2D eigenvalue weighted by Crippen LogP contribution is -2.56. The monoisotopic (exact) mass is 291 g/mol. The molecule has 3 rings (SSSR count). The number of amides is 1. The Hall–Kier alpha value is -1.20. The highest BCUT2D eigenvalue weighted by molar-refractivity contribution is 7.99. The van der Waals surface area contributed by atoms with E-state index in [-0.39, 0.29) is 11.9 Å². The lowest BCUT2D eigenvalue weighted by molar-refractivity contribution is -0.133. The van der Waals surface area contributed by atoms with Crippen LogP contribution in [0.4, 0.5) is 5.69 Å². The van der Waals surface area contributed by atoms with E-state index in [2.05, 4.69) is 34.5 Å². The number of thioether (sulfide) groups is 1. The molecule has 0 bridgehead atoms. The Kier molecular flexibility index (Phi) is 4.47. The van der Waals surface area contributed by atoms with Gasteiger partial charge in [0.05, 0.1) is 6.04 Å². The Balaban J connectivity index is 1.54. The summed E-state index contributed by atoms with van der Waals surface area (Å²) >= 11 is 1.87. The topological polar surface area (TPSA) is 35.6 Å². The maximum Gasteiger partial charge on any atom is 0.240 e. The van der Waals surface area contributed by atoms with Gasteiger partial charge in [0.25, 0.3) is 0 Å². The first kappa shape index (κ1) is 13.8. The van der Waals surface area contributed by atoms with Crippen LogP contribution in [-0.4, -0.2) is 61.1 Å². The second-order valence-electron chi connectivity index (χ2n) is 5.23. The molecule has 108 valence electrons. The highest BCUT2D eigenvalue weighted by Crippen LogP contribution is 2.17. The molecule has 0 spiro atoms. The third-order valence-electron chi connectivity index (χ3n) is 3.93. The molecule has 2 aliphatic heterocycles. The number of carbonyl (C=O) groups is 1. The second kappa shape index (κ2) is 6.50. The minimum absolute atomic E-state index is 0.0250. The molecule has 2 fully saturated rings. The molecule has 0 radical (unpaired) electrons. The van der Waals surface area contributed by atoms with Crippen LogP contribution < -0.4 is 10.2 Å². The third-order valence-corrected chi connectivity index (χ3v) is 4.99. The van der Waals surface area contributed by atoms with Crippen LogP contribution in [0.25, 0.3) is 0 Å². The summed E-state index contributed by atoms with van der Waals surface area (Å²) in [6.45, 7) is 4.46. The maximum absolute atomic E-state index is 12.4. The van der Waals surface area contributed by atoms with Crippen LogP contribution in [0.3, 0.4) is 0 Å². The fraction of sp³-hybridized carbons (Fsp3) is 0.533. The van der Waals surface area contributed by atoms with E-state index in [9.17, 15) is 4.79 Å². The van der Waals surface area contributed by atoms with Crippen molar-refractivity contribution in [1.29, 1.82) is 0 Å². The van der Waals surface area contributed by atoms with E-state index in [1.54, 1.807) is 0 Å². The zero-order valence-electron chi connectivity index (χ0n) is 11.6. The van der Waals surface area contributed by atoms with Gasteiger partial charge >= 0.3 is 0 Å². The molecule has 0 aromatic heterocycles. The first-order chi connectivity index (χ1) is 9.84. The van der Waals surface area contributed by atoms with Crippen LogP contribution in [0.15, 0.2) is 30.3 Å². The van der Waals surface area contributed by atoms with E-state index in [0.29, 0.717) is 0 Å². The summed E-state index contributed by atoms with van der Waals surface area (Å²) in [6, 6.07) is 10.5. The van der Waals surface area contributed by atoms with Gasteiger partial charge in [-0.15, -0.1) is 0 Å². The average Bonchev–Trinajstić information content (AvgIpc) is 2.56. The molecule has 5 heteroatoms. The standard InChI is InChI=1S/C15H21N3OS/c19-15(14-12-20-11-6-16-14)18-9-7-17(8-10-18)13-4-2-1-3-5-13/h1-5,14,16H,6-12H2. The van der Waals surface area contributed by atoms with Crippen LogP contribution in [0, 0.1) is 0 Å². The molecule has 1 unspecified atom stereocenters. The van der Waals surface area contributed by atoms with Gasteiger partial charge in [-0.2, -0.15) is 11.8 Å². The van der Waals surface area contributed by atoms with Crippen molar-refractivity contribution < 1.29 is 4.79 Å². The van der Waals surface area contributed by atoms with Crippen molar-refractivity contribution in [2.24, 2.45) is 0 Å². The van der Waals surface area contributed by atoms with E-state index in [0.717, 1.165) is 44.2 Å². The number of rotatable bonds is 2. The minimum atomic E-state index is 0.0250. The smallest absolute Gasteiger partial charge is 0.240 e. The van der Waals surface area contributed by atoms with Crippen molar-refractivity contribution in [3.8, 4) is 0 Å². The van der Waals surface area contributed by atoms with Crippen molar-refractivity contribution in [2.75, 3.05) is 49.1 Å². The minimum Gasteiger partial charge on any atom is -0.368 e. The molecular weight excluding hydrogens is 270 g/mol. The van der Waals surface area contributed by atoms with Crippen molar-refractivity contribution >= 4 is 23.4 Å². The number of nitrogens with one attached hydrogen (secondary N) is 1. The Morgan fingerprint density at radius 2 is 1.90 bits per heavy atom. The maximum atomic E-state index is 12.4. The summed E-state index contributed by atoms with van der Waals surface area (Å²) in [7, 11) is 0. The number of anilines is 1. The Bertz CT molecular complexity index is 440. The van der Waals surface area contributed by atoms with Crippen molar-refractivity contribution in [3.63, 3.8) is 0 Å². The van der Waals surface area contributed by atoms with Gasteiger partial charge in [0.2, 0.25) is 5.91 Å².